The number of aliphatic hydroxyl groups excluding tert-OH is 4. The minimum Gasteiger partial charge on any atom is -0.480 e. The minimum absolute atomic E-state index is 0.0230. The third-order valence-corrected chi connectivity index (χ3v) is 5.11. The lowest BCUT2D eigenvalue weighted by Gasteiger charge is -2.31. The van der Waals surface area contributed by atoms with E-state index >= 15 is 0 Å². The molecular weight excluding hydrogens is 412 g/mol. The molecule has 174 valence electrons. The first-order chi connectivity index (χ1) is 14.8. The van der Waals surface area contributed by atoms with Crippen LogP contribution in [0.3, 0.4) is 0 Å². The van der Waals surface area contributed by atoms with Gasteiger partial charge in [0.05, 0.1) is 13.2 Å². The predicted octanol–water partition coefficient (Wildman–Crippen LogP) is -1.07. The summed E-state index contributed by atoms with van der Waals surface area (Å²) in [4.78, 5) is 23.3. The summed E-state index contributed by atoms with van der Waals surface area (Å²) < 4.78 is 10.4. The number of nitrogens with one attached hydrogen (secondary N) is 2. The highest BCUT2D eigenvalue weighted by Gasteiger charge is 2.53. The Hall–Kier alpha value is -2.28. The molecule has 1 aliphatic rings. The maximum Gasteiger partial charge on any atom is 0.408 e. The molecule has 1 amide bonds. The van der Waals surface area contributed by atoms with E-state index in [0.717, 1.165) is 5.56 Å². The Bertz CT molecular complexity index is 705. The summed E-state index contributed by atoms with van der Waals surface area (Å²) in [5.74, 6) is -1.19. The SMILES string of the molecule is O=C(N[C@@H](CCCCN[C@]1(CO)O[C@H](CO)[C@@H](O)[C@@H]1O)C(=O)O)OCc1ccccc1. The van der Waals surface area contributed by atoms with Crippen molar-refractivity contribution in [3.05, 3.63) is 35.9 Å². The van der Waals surface area contributed by atoms with Crippen molar-refractivity contribution in [1.29, 1.82) is 0 Å². The summed E-state index contributed by atoms with van der Waals surface area (Å²) in [5.41, 5.74) is -0.836. The van der Waals surface area contributed by atoms with E-state index in [1.54, 1.807) is 24.3 Å². The highest BCUT2D eigenvalue weighted by molar-refractivity contribution is 5.79. The Morgan fingerprint density at radius 3 is 2.45 bits per heavy atom. The van der Waals surface area contributed by atoms with Crippen molar-refractivity contribution in [2.75, 3.05) is 19.8 Å². The van der Waals surface area contributed by atoms with Crippen LogP contribution in [0.1, 0.15) is 24.8 Å². The van der Waals surface area contributed by atoms with Crippen LogP contribution in [0.25, 0.3) is 0 Å². The summed E-state index contributed by atoms with van der Waals surface area (Å²) in [7, 11) is 0. The molecule has 11 nitrogen and oxygen atoms in total. The van der Waals surface area contributed by atoms with Crippen LogP contribution in [-0.2, 0) is 20.9 Å². The van der Waals surface area contributed by atoms with Crippen molar-refractivity contribution in [2.45, 2.75) is 55.9 Å². The Kier molecular flexibility index (Phi) is 9.62. The average molecular weight is 442 g/mol. The quantitative estimate of drug-likeness (QED) is 0.197. The first-order valence-electron chi connectivity index (χ1n) is 10.0. The van der Waals surface area contributed by atoms with Gasteiger partial charge in [-0.25, -0.2) is 9.59 Å². The summed E-state index contributed by atoms with van der Waals surface area (Å²) in [6.07, 6.45) is -3.70. The smallest absolute Gasteiger partial charge is 0.408 e. The monoisotopic (exact) mass is 442 g/mol. The van der Waals surface area contributed by atoms with E-state index in [1.807, 2.05) is 6.07 Å². The molecule has 11 heteroatoms. The van der Waals surface area contributed by atoms with E-state index in [1.165, 1.54) is 0 Å². The van der Waals surface area contributed by atoms with E-state index in [9.17, 15) is 35.1 Å². The Labute approximate surface area is 179 Å². The summed E-state index contributed by atoms with van der Waals surface area (Å²) in [6, 6.07) is 7.84. The van der Waals surface area contributed by atoms with Crippen LogP contribution in [0.2, 0.25) is 0 Å². The molecule has 1 heterocycles. The van der Waals surface area contributed by atoms with Crippen LogP contribution in [0, 0.1) is 0 Å². The second-order valence-corrected chi connectivity index (χ2v) is 7.34. The first-order valence-corrected chi connectivity index (χ1v) is 10.0. The number of hydrogen-bond acceptors (Lipinski definition) is 9. The maximum atomic E-state index is 11.9. The maximum absolute atomic E-state index is 11.9. The van der Waals surface area contributed by atoms with Crippen LogP contribution in [0.4, 0.5) is 4.79 Å². The van der Waals surface area contributed by atoms with Gasteiger partial charge in [-0.05, 0) is 31.4 Å². The fourth-order valence-corrected chi connectivity index (χ4v) is 3.30. The second-order valence-electron chi connectivity index (χ2n) is 7.34. The average Bonchev–Trinajstić information content (AvgIpc) is 3.02. The standard InChI is InChI=1S/C20H30N2O9/c23-10-15-16(25)17(26)20(12-24,31-15)21-9-5-4-8-14(18(27)28)22-19(29)30-11-13-6-2-1-3-7-13/h1-3,6-7,14-17,21,23-26H,4-5,8-12H2,(H,22,29)(H,27,28)/t14-,15+,16+,17-,20+/m0/s1. The third kappa shape index (κ3) is 6.86. The number of aliphatic hydroxyl groups is 4. The topological polar surface area (TPSA) is 178 Å². The van der Waals surface area contributed by atoms with Crippen molar-refractivity contribution in [3.8, 4) is 0 Å². The molecule has 5 atom stereocenters. The molecule has 0 unspecified atom stereocenters. The molecular formula is C20H30N2O9. The largest absolute Gasteiger partial charge is 0.480 e. The third-order valence-electron chi connectivity index (χ3n) is 5.11. The predicted molar refractivity (Wildman–Crippen MR) is 107 cm³/mol. The first kappa shape index (κ1) is 25.0. The van der Waals surface area contributed by atoms with Crippen molar-refractivity contribution in [1.82, 2.24) is 10.6 Å². The molecule has 0 bridgehead atoms. The highest BCUT2D eigenvalue weighted by Crippen LogP contribution is 2.29. The fraction of sp³-hybridized carbons (Fsp3) is 0.600. The van der Waals surface area contributed by atoms with Gasteiger partial charge in [-0.2, -0.15) is 0 Å². The normalized spacial score (nSPS) is 26.4. The number of aliphatic carboxylic acids is 1. The van der Waals surface area contributed by atoms with Gasteiger partial charge in [-0.15, -0.1) is 0 Å². The molecule has 0 aromatic heterocycles. The highest BCUT2D eigenvalue weighted by atomic mass is 16.6. The van der Waals surface area contributed by atoms with Crippen LogP contribution in [0.5, 0.6) is 0 Å². The molecule has 1 aromatic carbocycles. The van der Waals surface area contributed by atoms with Crippen molar-refractivity contribution < 1.29 is 44.6 Å². The van der Waals surface area contributed by atoms with Gasteiger partial charge >= 0.3 is 12.1 Å². The number of unbranched alkanes of at least 4 members (excludes halogenated alkanes) is 1. The van der Waals surface area contributed by atoms with E-state index in [-0.39, 0.29) is 19.6 Å². The van der Waals surface area contributed by atoms with Gasteiger partial charge in [-0.3, -0.25) is 5.32 Å². The molecule has 2 rings (SSSR count). The number of benzene rings is 1. The second kappa shape index (κ2) is 11.9. The van der Waals surface area contributed by atoms with Crippen LogP contribution >= 0.6 is 0 Å². The molecule has 1 aromatic rings. The fourth-order valence-electron chi connectivity index (χ4n) is 3.30. The van der Waals surface area contributed by atoms with Gasteiger partial charge in [0, 0.05) is 0 Å². The van der Waals surface area contributed by atoms with Crippen LogP contribution < -0.4 is 10.6 Å². The summed E-state index contributed by atoms with van der Waals surface area (Å²) in [5, 5.41) is 53.2. The van der Waals surface area contributed by atoms with Crippen LogP contribution in [0.15, 0.2) is 30.3 Å². The zero-order valence-electron chi connectivity index (χ0n) is 17.0. The summed E-state index contributed by atoms with van der Waals surface area (Å²) in [6.45, 7) is -0.898. The van der Waals surface area contributed by atoms with E-state index in [2.05, 4.69) is 10.6 Å². The molecule has 31 heavy (non-hydrogen) atoms. The number of carboxylic acids is 1. The van der Waals surface area contributed by atoms with Crippen molar-refractivity contribution >= 4 is 12.1 Å². The lowest BCUT2D eigenvalue weighted by Crippen LogP contribution is -2.57. The number of amides is 1. The van der Waals surface area contributed by atoms with Gasteiger partial charge in [0.1, 0.15) is 31.0 Å². The molecule has 0 saturated carbocycles. The molecule has 1 fully saturated rings. The van der Waals surface area contributed by atoms with Gasteiger partial charge in [0.2, 0.25) is 0 Å². The van der Waals surface area contributed by atoms with Gasteiger partial charge in [0.25, 0.3) is 0 Å². The number of rotatable bonds is 12. The Balaban J connectivity index is 1.73. The number of carboxylic acid groups (broad SMARTS) is 1. The molecule has 7 N–H and O–H groups in total. The molecule has 0 spiro atoms. The minimum atomic E-state index is -1.61. The zero-order valence-corrected chi connectivity index (χ0v) is 17.0. The number of alkyl carbamates (subject to hydrolysis) is 1. The van der Waals surface area contributed by atoms with E-state index < -0.39 is 55.4 Å². The van der Waals surface area contributed by atoms with E-state index in [4.69, 9.17) is 9.47 Å². The lowest BCUT2D eigenvalue weighted by atomic mass is 10.0. The molecule has 1 aliphatic heterocycles. The van der Waals surface area contributed by atoms with Crippen molar-refractivity contribution in [2.24, 2.45) is 0 Å². The summed E-state index contributed by atoms with van der Waals surface area (Å²) >= 11 is 0. The molecule has 0 radical (unpaired) electrons. The number of carbonyl (C=O) groups is 2. The zero-order chi connectivity index (χ0) is 22.9. The number of carbonyl (C=O) groups excluding carboxylic acids is 1. The Morgan fingerprint density at radius 1 is 1.16 bits per heavy atom. The van der Waals surface area contributed by atoms with Crippen molar-refractivity contribution in [3.63, 3.8) is 0 Å². The molecule has 0 aliphatic carbocycles. The van der Waals surface area contributed by atoms with Gasteiger partial charge < -0.3 is 40.3 Å². The van der Waals surface area contributed by atoms with E-state index in [0.29, 0.717) is 12.8 Å². The lowest BCUT2D eigenvalue weighted by molar-refractivity contribution is -0.139. The Morgan fingerprint density at radius 2 is 1.87 bits per heavy atom. The number of ether oxygens (including phenoxy) is 2. The van der Waals surface area contributed by atoms with Crippen LogP contribution in [-0.4, -0.2) is 87.4 Å². The van der Waals surface area contributed by atoms with Gasteiger partial charge in [-0.1, -0.05) is 30.3 Å². The number of hydrogen-bond donors (Lipinski definition) is 7. The molecule has 1 saturated heterocycles. The van der Waals surface area contributed by atoms with Gasteiger partial charge in [0.15, 0.2) is 5.72 Å².